The van der Waals surface area contributed by atoms with Gasteiger partial charge >= 0.3 is 0 Å². The number of hydrogen-bond donors (Lipinski definition) is 2. The van der Waals surface area contributed by atoms with E-state index in [1.807, 2.05) is 6.08 Å². The first-order chi connectivity index (χ1) is 16.8. The van der Waals surface area contributed by atoms with E-state index in [2.05, 4.69) is 19.2 Å². The molecule has 2 N–H and O–H groups in total. The number of amides is 1. The van der Waals surface area contributed by atoms with E-state index in [0.29, 0.717) is 30.0 Å². The molecule has 7 atom stereocenters. The molecule has 35 heavy (non-hydrogen) atoms. The van der Waals surface area contributed by atoms with Gasteiger partial charge in [-0.25, -0.2) is 0 Å². The molecule has 0 aliphatic heterocycles. The van der Waals surface area contributed by atoms with Crippen molar-refractivity contribution in [1.82, 2.24) is 5.32 Å². The van der Waals surface area contributed by atoms with Crippen LogP contribution in [0.1, 0.15) is 123 Å². The Morgan fingerprint density at radius 2 is 1.66 bits per heavy atom. The van der Waals surface area contributed by atoms with Gasteiger partial charge in [0.25, 0.3) is 0 Å². The van der Waals surface area contributed by atoms with E-state index in [9.17, 15) is 14.7 Å². The van der Waals surface area contributed by atoms with E-state index in [1.54, 1.807) is 7.05 Å². The second-order valence-electron chi connectivity index (χ2n) is 13.0. The minimum atomic E-state index is -0.122. The summed E-state index contributed by atoms with van der Waals surface area (Å²) in [5, 5.41) is 13.6. The third-order valence-corrected chi connectivity index (χ3v) is 11.1. The monoisotopic (exact) mass is 485 g/mol. The van der Waals surface area contributed by atoms with E-state index < -0.39 is 0 Å². The van der Waals surface area contributed by atoms with Crippen LogP contribution in [-0.2, 0) is 9.59 Å². The maximum atomic E-state index is 12.3. The molecule has 3 saturated carbocycles. The number of fused-ring (bicyclic) bond motifs is 5. The van der Waals surface area contributed by atoms with Crippen LogP contribution in [0.5, 0.6) is 0 Å². The lowest BCUT2D eigenvalue weighted by atomic mass is 9.44. The van der Waals surface area contributed by atoms with Gasteiger partial charge in [-0.05, 0) is 91.9 Å². The van der Waals surface area contributed by atoms with Gasteiger partial charge in [0.2, 0.25) is 5.91 Å². The molecule has 4 heteroatoms. The first-order valence-electron chi connectivity index (χ1n) is 14.9. The number of rotatable bonds is 11. The third-order valence-electron chi connectivity index (χ3n) is 11.1. The summed E-state index contributed by atoms with van der Waals surface area (Å²) in [5.74, 6) is 3.27. The van der Waals surface area contributed by atoms with Gasteiger partial charge in [-0.2, -0.15) is 0 Å². The highest BCUT2D eigenvalue weighted by Crippen LogP contribution is 2.67. The Hall–Kier alpha value is -1.16. The van der Waals surface area contributed by atoms with Gasteiger partial charge in [0.05, 0.1) is 6.10 Å². The van der Waals surface area contributed by atoms with Crippen molar-refractivity contribution >= 4 is 11.7 Å². The van der Waals surface area contributed by atoms with E-state index >= 15 is 0 Å². The molecule has 3 fully saturated rings. The van der Waals surface area contributed by atoms with Crippen molar-refractivity contribution in [3.05, 3.63) is 11.6 Å². The van der Waals surface area contributed by atoms with Crippen LogP contribution in [0.25, 0.3) is 0 Å². The molecule has 0 bridgehead atoms. The van der Waals surface area contributed by atoms with Crippen molar-refractivity contribution in [1.29, 1.82) is 0 Å². The zero-order valence-electron chi connectivity index (χ0n) is 22.7. The number of unbranched alkanes of at least 4 members (excludes halogenated alkanes) is 7. The van der Waals surface area contributed by atoms with Crippen LogP contribution in [0.15, 0.2) is 11.6 Å². The standard InChI is InChI=1S/C31H51NO3/c1-30-18-16-24(33)21-23(30)20-22(12-10-8-6-4-5-7-9-11-13-28(35)32-3)29-25-14-15-27(34)31(25,2)19-17-26(29)30/h21-22,25-27,29,34H,4-20H2,1-3H3,(H,32,35)/t22-,25?,26?,27+,29?,30+,31+/m1/s1. The molecule has 4 rings (SSSR count). The molecule has 198 valence electrons. The smallest absolute Gasteiger partial charge is 0.219 e. The molecule has 4 aliphatic carbocycles. The molecular formula is C31H51NO3. The number of carbonyl (C=O) groups excluding carboxylic acids is 2. The zero-order valence-corrected chi connectivity index (χ0v) is 22.7. The van der Waals surface area contributed by atoms with Gasteiger partial charge in [0.15, 0.2) is 5.78 Å². The molecule has 0 heterocycles. The summed E-state index contributed by atoms with van der Waals surface area (Å²) in [6.45, 7) is 4.86. The fraction of sp³-hybridized carbons (Fsp3) is 0.871. The van der Waals surface area contributed by atoms with Crippen molar-refractivity contribution in [3.8, 4) is 0 Å². The Morgan fingerprint density at radius 1 is 0.971 bits per heavy atom. The number of allylic oxidation sites excluding steroid dienone is 1. The molecule has 0 aromatic rings. The molecule has 3 unspecified atom stereocenters. The summed E-state index contributed by atoms with van der Waals surface area (Å²) in [5.41, 5.74) is 1.79. The number of aliphatic hydroxyl groups is 1. The Bertz CT molecular complexity index is 790. The molecule has 0 aromatic carbocycles. The highest BCUT2D eigenvalue weighted by molar-refractivity contribution is 5.91. The average molecular weight is 486 g/mol. The van der Waals surface area contributed by atoms with Gasteiger partial charge in [-0.1, -0.05) is 64.4 Å². The summed E-state index contributed by atoms with van der Waals surface area (Å²) in [4.78, 5) is 23.6. The fourth-order valence-electron chi connectivity index (χ4n) is 8.85. The fourth-order valence-corrected chi connectivity index (χ4v) is 8.85. The Balaban J connectivity index is 1.30. The van der Waals surface area contributed by atoms with Crippen LogP contribution in [0, 0.1) is 34.5 Å². The van der Waals surface area contributed by atoms with Crippen LogP contribution >= 0.6 is 0 Å². The van der Waals surface area contributed by atoms with Gasteiger partial charge in [-0.15, -0.1) is 0 Å². The number of carbonyl (C=O) groups is 2. The number of aliphatic hydroxyl groups excluding tert-OH is 1. The second kappa shape index (κ2) is 11.5. The minimum absolute atomic E-state index is 0.110. The lowest BCUT2D eigenvalue weighted by Crippen LogP contribution is -2.54. The molecule has 0 aromatic heterocycles. The van der Waals surface area contributed by atoms with Crippen molar-refractivity contribution in [2.45, 2.75) is 129 Å². The van der Waals surface area contributed by atoms with Crippen LogP contribution in [0.2, 0.25) is 0 Å². The van der Waals surface area contributed by atoms with Crippen molar-refractivity contribution in [2.75, 3.05) is 7.05 Å². The topological polar surface area (TPSA) is 66.4 Å². The summed E-state index contributed by atoms with van der Waals surface area (Å²) in [6, 6.07) is 0. The first-order valence-corrected chi connectivity index (χ1v) is 14.9. The molecule has 0 spiro atoms. The van der Waals surface area contributed by atoms with Crippen molar-refractivity contribution in [2.24, 2.45) is 34.5 Å². The van der Waals surface area contributed by atoms with E-state index in [-0.39, 0.29) is 22.8 Å². The molecular weight excluding hydrogens is 434 g/mol. The van der Waals surface area contributed by atoms with E-state index in [1.165, 1.54) is 63.4 Å². The Labute approximate surface area is 214 Å². The molecule has 4 aliphatic rings. The summed E-state index contributed by atoms with van der Waals surface area (Å²) in [7, 11) is 1.71. The highest BCUT2D eigenvalue weighted by Gasteiger charge is 2.60. The summed E-state index contributed by atoms with van der Waals surface area (Å²) in [6.07, 6.45) is 21.3. The second-order valence-corrected chi connectivity index (χ2v) is 13.0. The largest absolute Gasteiger partial charge is 0.393 e. The SMILES string of the molecule is CNC(=O)CCCCCCCCCC[C@@H]1CC2=CC(=O)CC[C@]2(C)C2CC[C@@]3(C)C(CC[C@@H]3O)C21. The predicted octanol–water partition coefficient (Wildman–Crippen LogP) is 6.75. The number of hydrogen-bond acceptors (Lipinski definition) is 3. The maximum absolute atomic E-state index is 12.3. The van der Waals surface area contributed by atoms with Crippen LogP contribution in [0.4, 0.5) is 0 Å². The zero-order chi connectivity index (χ0) is 25.1. The average Bonchev–Trinajstić information content (AvgIpc) is 3.15. The minimum Gasteiger partial charge on any atom is -0.393 e. The molecule has 0 saturated heterocycles. The van der Waals surface area contributed by atoms with Gasteiger partial charge in [0.1, 0.15) is 0 Å². The predicted molar refractivity (Wildman–Crippen MR) is 142 cm³/mol. The summed E-state index contributed by atoms with van der Waals surface area (Å²) < 4.78 is 0. The lowest BCUT2D eigenvalue weighted by Gasteiger charge is -2.60. The number of nitrogens with one attached hydrogen (secondary N) is 1. The quantitative estimate of drug-likeness (QED) is 0.318. The molecule has 4 nitrogen and oxygen atoms in total. The van der Waals surface area contributed by atoms with Gasteiger partial charge < -0.3 is 10.4 Å². The van der Waals surface area contributed by atoms with E-state index in [4.69, 9.17) is 0 Å². The highest BCUT2D eigenvalue weighted by atomic mass is 16.3. The molecule has 0 radical (unpaired) electrons. The van der Waals surface area contributed by atoms with Crippen molar-refractivity contribution in [3.63, 3.8) is 0 Å². The Morgan fingerprint density at radius 3 is 2.37 bits per heavy atom. The van der Waals surface area contributed by atoms with Crippen LogP contribution in [-0.4, -0.2) is 29.9 Å². The third kappa shape index (κ3) is 5.58. The van der Waals surface area contributed by atoms with Gasteiger partial charge in [0, 0.05) is 19.9 Å². The number of ketones is 1. The van der Waals surface area contributed by atoms with Crippen LogP contribution < -0.4 is 5.32 Å². The summed E-state index contributed by atoms with van der Waals surface area (Å²) >= 11 is 0. The van der Waals surface area contributed by atoms with Gasteiger partial charge in [-0.3, -0.25) is 9.59 Å². The lowest BCUT2D eigenvalue weighted by molar-refractivity contribution is -0.121. The van der Waals surface area contributed by atoms with E-state index in [0.717, 1.165) is 50.9 Å². The Kier molecular flexibility index (Phi) is 8.82. The maximum Gasteiger partial charge on any atom is 0.219 e. The normalized spacial score (nSPS) is 38.3. The van der Waals surface area contributed by atoms with Crippen molar-refractivity contribution < 1.29 is 14.7 Å². The first kappa shape index (κ1) is 26.9. The van der Waals surface area contributed by atoms with Crippen LogP contribution in [0.3, 0.4) is 0 Å². The molecule has 1 amide bonds.